The van der Waals surface area contributed by atoms with E-state index in [9.17, 15) is 0 Å². The van der Waals surface area contributed by atoms with Crippen LogP contribution < -0.4 is 5.32 Å². The Morgan fingerprint density at radius 2 is 2.09 bits per heavy atom. The predicted octanol–water partition coefficient (Wildman–Crippen LogP) is 3.94. The van der Waals surface area contributed by atoms with Crippen molar-refractivity contribution in [3.8, 4) is 0 Å². The standard InChI is InChI=1S/C17H18N6/c1-10(2)23-11(3)13-9-12(6-7-14(13)22-23)19-17-16-15(20-21-17)5-4-8-18-16/h4-10H,1-3H3,(H2,19,20,21). The summed E-state index contributed by atoms with van der Waals surface area (Å²) in [5.41, 5.74) is 4.90. The van der Waals surface area contributed by atoms with Crippen LogP contribution in [0.5, 0.6) is 0 Å². The topological polar surface area (TPSA) is 71.4 Å². The lowest BCUT2D eigenvalue weighted by atomic mass is 10.2. The number of aryl methyl sites for hydroxylation is 1. The second kappa shape index (κ2) is 5.08. The first-order chi connectivity index (χ1) is 11.1. The molecule has 0 fully saturated rings. The summed E-state index contributed by atoms with van der Waals surface area (Å²) in [6.07, 6.45) is 1.77. The highest BCUT2D eigenvalue weighted by Gasteiger charge is 2.11. The van der Waals surface area contributed by atoms with Crippen LogP contribution in [0, 0.1) is 6.92 Å². The lowest BCUT2D eigenvalue weighted by molar-refractivity contribution is 0.524. The second-order valence-electron chi connectivity index (χ2n) is 5.95. The first-order valence-corrected chi connectivity index (χ1v) is 7.68. The molecule has 0 radical (unpaired) electrons. The molecule has 23 heavy (non-hydrogen) atoms. The van der Waals surface area contributed by atoms with Crippen molar-refractivity contribution < 1.29 is 0 Å². The molecule has 4 aromatic rings. The molecule has 1 aromatic carbocycles. The number of rotatable bonds is 3. The van der Waals surface area contributed by atoms with Crippen LogP contribution in [0.1, 0.15) is 25.6 Å². The third-order valence-electron chi connectivity index (χ3n) is 4.02. The third kappa shape index (κ3) is 2.23. The molecule has 6 nitrogen and oxygen atoms in total. The number of hydrogen-bond donors (Lipinski definition) is 2. The minimum atomic E-state index is 0.346. The van der Waals surface area contributed by atoms with E-state index in [0.717, 1.165) is 33.4 Å². The Labute approximate surface area is 133 Å². The van der Waals surface area contributed by atoms with Gasteiger partial charge in [-0.25, -0.2) is 0 Å². The number of fused-ring (bicyclic) bond motifs is 2. The Kier molecular flexibility index (Phi) is 3.04. The summed E-state index contributed by atoms with van der Waals surface area (Å²) in [5.74, 6) is 0.730. The molecule has 0 amide bonds. The molecule has 0 spiro atoms. The van der Waals surface area contributed by atoms with Gasteiger partial charge in [0.05, 0.1) is 11.0 Å². The fourth-order valence-electron chi connectivity index (χ4n) is 2.89. The highest BCUT2D eigenvalue weighted by molar-refractivity contribution is 5.90. The van der Waals surface area contributed by atoms with Crippen molar-refractivity contribution in [3.05, 3.63) is 42.2 Å². The fraction of sp³-hybridized carbons (Fsp3) is 0.235. The number of pyridine rings is 1. The van der Waals surface area contributed by atoms with Crippen molar-refractivity contribution in [3.63, 3.8) is 0 Å². The van der Waals surface area contributed by atoms with Crippen LogP contribution in [0.25, 0.3) is 21.9 Å². The van der Waals surface area contributed by atoms with Gasteiger partial charge >= 0.3 is 0 Å². The zero-order valence-electron chi connectivity index (χ0n) is 13.3. The van der Waals surface area contributed by atoms with E-state index in [1.54, 1.807) is 6.20 Å². The van der Waals surface area contributed by atoms with Gasteiger partial charge in [-0.3, -0.25) is 14.8 Å². The lowest BCUT2D eigenvalue weighted by Gasteiger charge is -2.07. The Morgan fingerprint density at radius 1 is 1.22 bits per heavy atom. The van der Waals surface area contributed by atoms with Crippen LogP contribution in [-0.2, 0) is 0 Å². The summed E-state index contributed by atoms with van der Waals surface area (Å²) in [6, 6.07) is 10.4. The molecule has 0 aliphatic carbocycles. The van der Waals surface area contributed by atoms with Gasteiger partial charge < -0.3 is 5.32 Å². The largest absolute Gasteiger partial charge is 0.337 e. The van der Waals surface area contributed by atoms with E-state index in [-0.39, 0.29) is 0 Å². The molecule has 0 aliphatic rings. The summed E-state index contributed by atoms with van der Waals surface area (Å²) in [4.78, 5) is 4.37. The van der Waals surface area contributed by atoms with Gasteiger partial charge in [-0.1, -0.05) is 0 Å². The lowest BCUT2D eigenvalue weighted by Crippen LogP contribution is -2.04. The van der Waals surface area contributed by atoms with E-state index in [1.807, 2.05) is 24.3 Å². The van der Waals surface area contributed by atoms with Crippen LogP contribution in [0.3, 0.4) is 0 Å². The van der Waals surface area contributed by atoms with Crippen molar-refractivity contribution in [2.75, 3.05) is 5.32 Å². The molecule has 0 bridgehead atoms. The Bertz CT molecular complexity index is 995. The zero-order chi connectivity index (χ0) is 16.0. The van der Waals surface area contributed by atoms with Gasteiger partial charge in [-0.05, 0) is 51.1 Å². The number of benzene rings is 1. The molecule has 4 rings (SSSR count). The summed E-state index contributed by atoms with van der Waals surface area (Å²) in [5, 5.41) is 16.4. The maximum absolute atomic E-state index is 4.65. The minimum absolute atomic E-state index is 0.346. The molecule has 0 saturated carbocycles. The Morgan fingerprint density at radius 3 is 2.91 bits per heavy atom. The summed E-state index contributed by atoms with van der Waals surface area (Å²) >= 11 is 0. The maximum atomic E-state index is 4.65. The number of hydrogen-bond acceptors (Lipinski definition) is 4. The highest BCUT2D eigenvalue weighted by atomic mass is 15.3. The Balaban J connectivity index is 1.76. The molecule has 0 aliphatic heterocycles. The smallest absolute Gasteiger partial charge is 0.178 e. The van der Waals surface area contributed by atoms with Crippen LogP contribution in [0.2, 0.25) is 0 Å². The van der Waals surface area contributed by atoms with E-state index in [2.05, 4.69) is 57.1 Å². The van der Waals surface area contributed by atoms with Crippen LogP contribution in [-0.4, -0.2) is 25.0 Å². The van der Waals surface area contributed by atoms with Gasteiger partial charge in [0.1, 0.15) is 5.52 Å². The van der Waals surface area contributed by atoms with Gasteiger partial charge in [0.15, 0.2) is 5.82 Å². The van der Waals surface area contributed by atoms with Crippen molar-refractivity contribution in [1.29, 1.82) is 0 Å². The molecule has 0 unspecified atom stereocenters. The van der Waals surface area contributed by atoms with E-state index < -0.39 is 0 Å². The average molecular weight is 306 g/mol. The number of H-pyrrole nitrogens is 1. The fourth-order valence-corrected chi connectivity index (χ4v) is 2.89. The normalized spacial score (nSPS) is 11.7. The van der Waals surface area contributed by atoms with Crippen molar-refractivity contribution in [2.45, 2.75) is 26.8 Å². The quantitative estimate of drug-likeness (QED) is 0.601. The van der Waals surface area contributed by atoms with Crippen molar-refractivity contribution >= 4 is 33.4 Å². The van der Waals surface area contributed by atoms with Gasteiger partial charge in [0, 0.05) is 29.0 Å². The molecule has 116 valence electrons. The number of nitrogens with one attached hydrogen (secondary N) is 2. The van der Waals surface area contributed by atoms with E-state index in [0.29, 0.717) is 6.04 Å². The molecule has 6 heteroatoms. The molecule has 2 N–H and O–H groups in total. The highest BCUT2D eigenvalue weighted by Crippen LogP contribution is 2.27. The van der Waals surface area contributed by atoms with Gasteiger partial charge in [-0.15, -0.1) is 0 Å². The van der Waals surface area contributed by atoms with Crippen molar-refractivity contribution in [1.82, 2.24) is 25.0 Å². The third-order valence-corrected chi connectivity index (χ3v) is 4.02. The van der Waals surface area contributed by atoms with Crippen LogP contribution in [0.15, 0.2) is 36.5 Å². The monoisotopic (exact) mass is 306 g/mol. The summed E-state index contributed by atoms with van der Waals surface area (Å²) in [6.45, 7) is 6.38. The first-order valence-electron chi connectivity index (χ1n) is 7.68. The molecule has 0 atom stereocenters. The van der Waals surface area contributed by atoms with E-state index in [1.165, 1.54) is 5.69 Å². The number of nitrogens with zero attached hydrogens (tertiary/aromatic N) is 4. The summed E-state index contributed by atoms with van der Waals surface area (Å²) < 4.78 is 2.06. The molecular formula is C17H18N6. The van der Waals surface area contributed by atoms with Gasteiger partial charge in [-0.2, -0.15) is 10.2 Å². The van der Waals surface area contributed by atoms with Crippen LogP contribution >= 0.6 is 0 Å². The number of aromatic amines is 1. The molecule has 3 aromatic heterocycles. The average Bonchev–Trinajstić information content (AvgIpc) is 3.10. The SMILES string of the molecule is Cc1c2cc(Nc3n[nH]c4cccnc34)ccc2nn1C(C)C. The second-order valence-corrected chi connectivity index (χ2v) is 5.95. The number of aromatic nitrogens is 5. The Hall–Kier alpha value is -2.89. The number of anilines is 2. The maximum Gasteiger partial charge on any atom is 0.178 e. The minimum Gasteiger partial charge on any atom is -0.337 e. The molecular weight excluding hydrogens is 288 g/mol. The molecule has 3 heterocycles. The first kappa shape index (κ1) is 13.8. The zero-order valence-corrected chi connectivity index (χ0v) is 13.3. The summed E-state index contributed by atoms with van der Waals surface area (Å²) in [7, 11) is 0. The van der Waals surface area contributed by atoms with Crippen molar-refractivity contribution in [2.24, 2.45) is 0 Å². The van der Waals surface area contributed by atoms with Gasteiger partial charge in [0.25, 0.3) is 0 Å². The van der Waals surface area contributed by atoms with E-state index >= 15 is 0 Å². The molecule has 0 saturated heterocycles. The van der Waals surface area contributed by atoms with Gasteiger partial charge in [0.2, 0.25) is 0 Å². The predicted molar refractivity (Wildman–Crippen MR) is 92.0 cm³/mol. The van der Waals surface area contributed by atoms with Crippen LogP contribution in [0.4, 0.5) is 11.5 Å². The van der Waals surface area contributed by atoms with E-state index in [4.69, 9.17) is 0 Å².